The number of aromatic nitrogens is 2. The van der Waals surface area contributed by atoms with E-state index in [0.717, 1.165) is 75.9 Å². The number of rotatable bonds is 6. The number of nitrogens with one attached hydrogen (secondary N) is 1. The maximum Gasteiger partial charge on any atom is 0.246 e. The zero-order chi connectivity index (χ0) is 23.9. The summed E-state index contributed by atoms with van der Waals surface area (Å²) in [6.07, 6.45) is 13.9. The molecule has 2 aromatic rings. The zero-order valence-corrected chi connectivity index (χ0v) is 20.7. The molecule has 35 heavy (non-hydrogen) atoms. The van der Waals surface area contributed by atoms with Crippen LogP contribution in [0.2, 0.25) is 0 Å². The predicted octanol–water partition coefficient (Wildman–Crippen LogP) is 4.05. The highest BCUT2D eigenvalue weighted by Crippen LogP contribution is 2.23. The van der Waals surface area contributed by atoms with E-state index in [1.807, 2.05) is 53.6 Å². The van der Waals surface area contributed by atoms with Crippen LogP contribution in [-0.2, 0) is 4.79 Å². The lowest BCUT2D eigenvalue weighted by molar-refractivity contribution is -0.127. The van der Waals surface area contributed by atoms with Gasteiger partial charge in [0, 0.05) is 63.6 Å². The average Bonchev–Trinajstić information content (AvgIpc) is 3.19. The van der Waals surface area contributed by atoms with Crippen LogP contribution in [0, 0.1) is 0 Å². The van der Waals surface area contributed by atoms with Crippen molar-refractivity contribution in [2.75, 3.05) is 49.5 Å². The molecule has 7 nitrogen and oxygen atoms in total. The van der Waals surface area contributed by atoms with Crippen LogP contribution in [0.4, 0.5) is 11.8 Å². The number of nitrogens with zero attached hydrogens (tertiary/aromatic N) is 5. The molecule has 1 aromatic carbocycles. The molecule has 0 spiro atoms. The van der Waals surface area contributed by atoms with Crippen LogP contribution in [0.15, 0.2) is 48.7 Å². The van der Waals surface area contributed by atoms with Crippen molar-refractivity contribution >= 4 is 23.7 Å². The Bertz CT molecular complexity index is 988. The lowest BCUT2D eigenvalue weighted by Crippen LogP contribution is -2.49. The minimum atomic E-state index is 0.117. The molecule has 3 aliphatic rings. The van der Waals surface area contributed by atoms with Crippen molar-refractivity contribution in [3.8, 4) is 0 Å². The van der Waals surface area contributed by atoms with E-state index >= 15 is 0 Å². The first kappa shape index (κ1) is 23.8. The number of carbonyl (C=O) groups excluding carboxylic acids is 1. The summed E-state index contributed by atoms with van der Waals surface area (Å²) in [7, 11) is 0. The van der Waals surface area contributed by atoms with Crippen LogP contribution in [0.3, 0.4) is 0 Å². The van der Waals surface area contributed by atoms with E-state index in [1.54, 1.807) is 6.08 Å². The lowest BCUT2D eigenvalue weighted by atomic mass is 10.0. The number of amides is 1. The van der Waals surface area contributed by atoms with Crippen LogP contribution >= 0.6 is 0 Å². The summed E-state index contributed by atoms with van der Waals surface area (Å²) < 4.78 is 0. The van der Waals surface area contributed by atoms with Gasteiger partial charge in [0.2, 0.25) is 11.9 Å². The fourth-order valence-corrected chi connectivity index (χ4v) is 5.60. The standard InChI is InChI=1S/C28H38N6O/c35-27(13-12-23-9-4-3-5-10-23)34-19-8-11-25(22-34)33-20-15-24(21-33)30-28-29-16-14-26(31-28)32-17-6-1-2-7-18-32/h3-5,9-10,12-14,16,24-25H,1-2,6-8,11,15,17-22H2,(H,29,30,31). The molecule has 3 aliphatic heterocycles. The van der Waals surface area contributed by atoms with Gasteiger partial charge in [-0.2, -0.15) is 4.98 Å². The number of piperidine rings is 1. The van der Waals surface area contributed by atoms with Crippen molar-refractivity contribution in [3.63, 3.8) is 0 Å². The van der Waals surface area contributed by atoms with Gasteiger partial charge in [0.25, 0.3) is 0 Å². The van der Waals surface area contributed by atoms with Crippen molar-refractivity contribution in [3.05, 3.63) is 54.2 Å². The molecule has 0 aliphatic carbocycles. The molecule has 2 unspecified atom stereocenters. The Kier molecular flexibility index (Phi) is 7.93. The second-order valence-electron chi connectivity index (χ2n) is 10.1. The van der Waals surface area contributed by atoms with Crippen molar-refractivity contribution in [1.82, 2.24) is 19.8 Å². The van der Waals surface area contributed by atoms with Gasteiger partial charge in [-0.1, -0.05) is 43.2 Å². The third-order valence-corrected chi connectivity index (χ3v) is 7.57. The molecular formula is C28H38N6O. The van der Waals surface area contributed by atoms with Gasteiger partial charge in [-0.05, 0) is 49.8 Å². The van der Waals surface area contributed by atoms with E-state index in [2.05, 4.69) is 20.1 Å². The van der Waals surface area contributed by atoms with Gasteiger partial charge in [0.15, 0.2) is 0 Å². The van der Waals surface area contributed by atoms with Gasteiger partial charge in [-0.15, -0.1) is 0 Å². The van der Waals surface area contributed by atoms with Crippen LogP contribution in [0.5, 0.6) is 0 Å². The van der Waals surface area contributed by atoms with E-state index in [0.29, 0.717) is 12.1 Å². The highest BCUT2D eigenvalue weighted by Gasteiger charge is 2.32. The highest BCUT2D eigenvalue weighted by atomic mass is 16.2. The summed E-state index contributed by atoms with van der Waals surface area (Å²) in [5.74, 6) is 1.90. The Morgan fingerprint density at radius 2 is 1.74 bits per heavy atom. The molecule has 0 radical (unpaired) electrons. The minimum absolute atomic E-state index is 0.117. The topological polar surface area (TPSA) is 64.6 Å². The van der Waals surface area contributed by atoms with E-state index in [9.17, 15) is 4.79 Å². The molecule has 186 valence electrons. The van der Waals surface area contributed by atoms with Crippen LogP contribution in [-0.4, -0.2) is 77.0 Å². The summed E-state index contributed by atoms with van der Waals surface area (Å²) >= 11 is 0. The van der Waals surface area contributed by atoms with Gasteiger partial charge < -0.3 is 15.1 Å². The summed E-state index contributed by atoms with van der Waals surface area (Å²) in [5, 5.41) is 3.60. The number of carbonyl (C=O) groups is 1. The molecule has 1 aromatic heterocycles. The predicted molar refractivity (Wildman–Crippen MR) is 141 cm³/mol. The Balaban J connectivity index is 1.13. The maximum atomic E-state index is 12.8. The lowest BCUT2D eigenvalue weighted by Gasteiger charge is -2.37. The van der Waals surface area contributed by atoms with E-state index in [1.165, 1.54) is 25.7 Å². The summed E-state index contributed by atoms with van der Waals surface area (Å²) in [6, 6.07) is 12.8. The molecule has 3 fully saturated rings. The molecule has 0 bridgehead atoms. The highest BCUT2D eigenvalue weighted by molar-refractivity contribution is 5.91. The van der Waals surface area contributed by atoms with Crippen molar-refractivity contribution < 1.29 is 4.79 Å². The maximum absolute atomic E-state index is 12.8. The third kappa shape index (κ3) is 6.40. The monoisotopic (exact) mass is 474 g/mol. The molecule has 4 heterocycles. The Hall–Kier alpha value is -2.93. The first-order valence-corrected chi connectivity index (χ1v) is 13.4. The molecule has 3 saturated heterocycles. The van der Waals surface area contributed by atoms with Crippen molar-refractivity contribution in [2.24, 2.45) is 0 Å². The van der Waals surface area contributed by atoms with Gasteiger partial charge in [-0.3, -0.25) is 9.69 Å². The van der Waals surface area contributed by atoms with Crippen molar-refractivity contribution in [2.45, 2.75) is 57.0 Å². The average molecular weight is 475 g/mol. The minimum Gasteiger partial charge on any atom is -0.356 e. The quantitative estimate of drug-likeness (QED) is 0.638. The second kappa shape index (κ2) is 11.7. The van der Waals surface area contributed by atoms with Gasteiger partial charge in [0.1, 0.15) is 5.82 Å². The van der Waals surface area contributed by atoms with E-state index in [-0.39, 0.29) is 5.91 Å². The molecule has 1 amide bonds. The van der Waals surface area contributed by atoms with Crippen LogP contribution < -0.4 is 10.2 Å². The number of likely N-dealkylation sites (tertiary alicyclic amines) is 2. The van der Waals surface area contributed by atoms with Gasteiger partial charge in [-0.25, -0.2) is 4.98 Å². The molecule has 0 saturated carbocycles. The van der Waals surface area contributed by atoms with E-state index < -0.39 is 0 Å². The summed E-state index contributed by atoms with van der Waals surface area (Å²) in [6.45, 7) is 5.86. The summed E-state index contributed by atoms with van der Waals surface area (Å²) in [5.41, 5.74) is 1.06. The SMILES string of the molecule is O=C(C=Cc1ccccc1)N1CCCC(N2CCC(Nc3nccc(N4CCCCCC4)n3)C2)C1. The third-order valence-electron chi connectivity index (χ3n) is 7.57. The smallest absolute Gasteiger partial charge is 0.246 e. The Morgan fingerprint density at radius 1 is 0.914 bits per heavy atom. The molecule has 2 atom stereocenters. The molecule has 7 heteroatoms. The fraction of sp³-hybridized carbons (Fsp3) is 0.536. The van der Waals surface area contributed by atoms with Gasteiger partial charge >= 0.3 is 0 Å². The second-order valence-corrected chi connectivity index (χ2v) is 10.1. The van der Waals surface area contributed by atoms with Crippen LogP contribution in [0.1, 0.15) is 50.5 Å². The Labute approximate surface area is 209 Å². The number of hydrogen-bond acceptors (Lipinski definition) is 6. The zero-order valence-electron chi connectivity index (χ0n) is 20.7. The number of hydrogen-bond donors (Lipinski definition) is 1. The van der Waals surface area contributed by atoms with Crippen LogP contribution in [0.25, 0.3) is 6.08 Å². The van der Waals surface area contributed by atoms with Crippen molar-refractivity contribution in [1.29, 1.82) is 0 Å². The number of benzene rings is 1. The fourth-order valence-electron chi connectivity index (χ4n) is 5.60. The summed E-state index contributed by atoms with van der Waals surface area (Å²) in [4.78, 5) is 29.1. The van der Waals surface area contributed by atoms with Gasteiger partial charge in [0.05, 0.1) is 0 Å². The molecular weight excluding hydrogens is 436 g/mol. The largest absolute Gasteiger partial charge is 0.356 e. The molecule has 1 N–H and O–H groups in total. The molecule has 5 rings (SSSR count). The first-order chi connectivity index (χ1) is 17.2. The van der Waals surface area contributed by atoms with E-state index in [4.69, 9.17) is 4.98 Å². The Morgan fingerprint density at radius 3 is 2.57 bits per heavy atom. The first-order valence-electron chi connectivity index (χ1n) is 13.4. The number of anilines is 2. The normalized spacial score (nSPS) is 24.0.